The van der Waals surface area contributed by atoms with Crippen LogP contribution in [0, 0.1) is 0 Å². The number of benzene rings is 2. The zero-order valence-corrected chi connectivity index (χ0v) is 16.6. The Bertz CT molecular complexity index is 1040. The number of carbonyl (C=O) groups is 1. The summed E-state index contributed by atoms with van der Waals surface area (Å²) in [6, 6.07) is 16.3. The van der Waals surface area contributed by atoms with Gasteiger partial charge in [-0.3, -0.25) is 4.79 Å². The lowest BCUT2D eigenvalue weighted by Crippen LogP contribution is -2.28. The second-order valence-electron chi connectivity index (χ2n) is 6.58. The third kappa shape index (κ3) is 4.79. The Kier molecular flexibility index (Phi) is 6.49. The molecule has 7 heteroatoms. The fraction of sp³-hybridized carbons (Fsp3) is 0.286. The first kappa shape index (κ1) is 20.1. The highest BCUT2D eigenvalue weighted by Gasteiger charge is 2.22. The Hall–Kier alpha value is -2.64. The normalized spacial score (nSPS) is 11.6. The van der Waals surface area contributed by atoms with Crippen LogP contribution in [0.1, 0.15) is 12.0 Å². The number of nitrogens with one attached hydrogen (secondary N) is 1. The molecule has 1 heterocycles. The molecule has 0 saturated carbocycles. The fourth-order valence-electron chi connectivity index (χ4n) is 3.12. The third-order valence-electron chi connectivity index (χ3n) is 4.45. The quantitative estimate of drug-likeness (QED) is 0.560. The fourth-order valence-corrected chi connectivity index (χ4v) is 4.70. The molecular formula is C21H24N2O4S. The number of carbonyl (C=O) groups excluding carboxylic acids is 1. The molecule has 1 aromatic heterocycles. The first-order valence-corrected chi connectivity index (χ1v) is 10.8. The van der Waals surface area contributed by atoms with Crippen molar-refractivity contribution in [2.24, 2.45) is 0 Å². The maximum Gasteiger partial charge on any atom is 0.239 e. The second kappa shape index (κ2) is 9.03. The van der Waals surface area contributed by atoms with Crippen molar-refractivity contribution in [3.05, 3.63) is 66.4 Å². The van der Waals surface area contributed by atoms with E-state index in [4.69, 9.17) is 4.74 Å². The highest BCUT2D eigenvalue weighted by atomic mass is 32.2. The van der Waals surface area contributed by atoms with E-state index in [1.807, 2.05) is 30.3 Å². The molecule has 0 radical (unpaired) electrons. The van der Waals surface area contributed by atoms with Gasteiger partial charge in [-0.05, 0) is 18.1 Å². The van der Waals surface area contributed by atoms with Crippen LogP contribution >= 0.6 is 0 Å². The summed E-state index contributed by atoms with van der Waals surface area (Å²) in [5.41, 5.74) is 1.45. The van der Waals surface area contributed by atoms with Gasteiger partial charge in [-0.1, -0.05) is 48.5 Å². The lowest BCUT2D eigenvalue weighted by Gasteiger charge is -2.07. The molecule has 1 N–H and O–H groups in total. The number of sulfone groups is 1. The lowest BCUT2D eigenvalue weighted by molar-refractivity contribution is -0.121. The van der Waals surface area contributed by atoms with Gasteiger partial charge in [-0.15, -0.1) is 0 Å². The van der Waals surface area contributed by atoms with Gasteiger partial charge < -0.3 is 14.6 Å². The minimum Gasteiger partial charge on any atom is -0.385 e. The maximum absolute atomic E-state index is 13.0. The molecule has 0 atom stereocenters. The van der Waals surface area contributed by atoms with Gasteiger partial charge in [-0.25, -0.2) is 8.42 Å². The first-order valence-electron chi connectivity index (χ1n) is 9.11. The van der Waals surface area contributed by atoms with E-state index < -0.39 is 9.84 Å². The van der Waals surface area contributed by atoms with E-state index in [0.717, 1.165) is 17.5 Å². The van der Waals surface area contributed by atoms with Crippen molar-refractivity contribution in [3.8, 4) is 0 Å². The van der Waals surface area contributed by atoms with Crippen molar-refractivity contribution < 1.29 is 17.9 Å². The standard InChI is InChI=1S/C21H24N2O4S/c1-27-13-7-12-22-21(24)15-23-14-20(18-10-5-6-11-19(18)23)28(25,26)16-17-8-3-2-4-9-17/h2-6,8-11,14H,7,12-13,15-16H2,1H3,(H,22,24). The Morgan fingerprint density at radius 3 is 2.54 bits per heavy atom. The summed E-state index contributed by atoms with van der Waals surface area (Å²) in [6.07, 6.45) is 2.29. The van der Waals surface area contributed by atoms with Crippen LogP contribution in [0.25, 0.3) is 10.9 Å². The van der Waals surface area contributed by atoms with E-state index in [9.17, 15) is 13.2 Å². The number of ether oxygens (including phenoxy) is 1. The Labute approximate surface area is 165 Å². The summed E-state index contributed by atoms with van der Waals surface area (Å²) < 4.78 is 32.7. The monoisotopic (exact) mass is 400 g/mol. The number of nitrogens with zero attached hydrogens (tertiary/aromatic N) is 1. The van der Waals surface area contributed by atoms with Crippen LogP contribution in [-0.4, -0.2) is 39.2 Å². The lowest BCUT2D eigenvalue weighted by atomic mass is 10.2. The Morgan fingerprint density at radius 2 is 1.79 bits per heavy atom. The van der Waals surface area contributed by atoms with E-state index in [-0.39, 0.29) is 23.1 Å². The summed E-state index contributed by atoms with van der Waals surface area (Å²) in [5, 5.41) is 3.46. The summed E-state index contributed by atoms with van der Waals surface area (Å²) in [5.74, 6) is -0.241. The molecule has 28 heavy (non-hydrogen) atoms. The summed E-state index contributed by atoms with van der Waals surface area (Å²) >= 11 is 0. The van der Waals surface area contributed by atoms with Crippen molar-refractivity contribution in [1.29, 1.82) is 0 Å². The number of rotatable bonds is 9. The molecule has 0 saturated heterocycles. The highest BCUT2D eigenvalue weighted by Crippen LogP contribution is 2.28. The van der Waals surface area contributed by atoms with Crippen LogP contribution in [0.15, 0.2) is 65.7 Å². The molecule has 148 valence electrons. The van der Waals surface area contributed by atoms with Crippen LogP contribution in [-0.2, 0) is 31.7 Å². The Morgan fingerprint density at radius 1 is 1.07 bits per heavy atom. The molecule has 0 aliphatic carbocycles. The average molecular weight is 401 g/mol. The van der Waals surface area contributed by atoms with Crippen molar-refractivity contribution in [2.45, 2.75) is 23.6 Å². The molecule has 2 aromatic carbocycles. The van der Waals surface area contributed by atoms with Gasteiger partial charge in [-0.2, -0.15) is 0 Å². The van der Waals surface area contributed by atoms with Gasteiger partial charge in [0.2, 0.25) is 5.91 Å². The molecule has 0 fully saturated rings. The van der Waals surface area contributed by atoms with Gasteiger partial charge in [0.1, 0.15) is 6.54 Å². The number of hydrogen-bond donors (Lipinski definition) is 1. The summed E-state index contributed by atoms with van der Waals surface area (Å²) in [7, 11) is -1.93. The summed E-state index contributed by atoms with van der Waals surface area (Å²) in [6.45, 7) is 1.16. The predicted molar refractivity (Wildman–Crippen MR) is 109 cm³/mol. The molecule has 3 rings (SSSR count). The number of amides is 1. The number of methoxy groups -OCH3 is 1. The number of aromatic nitrogens is 1. The van der Waals surface area contributed by atoms with Crippen LogP contribution in [0.5, 0.6) is 0 Å². The second-order valence-corrected chi connectivity index (χ2v) is 8.54. The van der Waals surface area contributed by atoms with Crippen molar-refractivity contribution >= 4 is 26.6 Å². The number of hydrogen-bond acceptors (Lipinski definition) is 4. The molecule has 0 aliphatic heterocycles. The van der Waals surface area contributed by atoms with Crippen molar-refractivity contribution in [2.75, 3.05) is 20.3 Å². The van der Waals surface area contributed by atoms with Gasteiger partial charge >= 0.3 is 0 Å². The number of para-hydroxylation sites is 1. The van der Waals surface area contributed by atoms with Gasteiger partial charge in [0.15, 0.2) is 9.84 Å². The third-order valence-corrected chi connectivity index (χ3v) is 6.16. The molecule has 6 nitrogen and oxygen atoms in total. The van der Waals surface area contributed by atoms with E-state index in [0.29, 0.717) is 18.5 Å². The molecule has 3 aromatic rings. The first-order chi connectivity index (χ1) is 13.5. The summed E-state index contributed by atoms with van der Waals surface area (Å²) in [4.78, 5) is 12.5. The smallest absolute Gasteiger partial charge is 0.239 e. The molecular weight excluding hydrogens is 376 g/mol. The molecule has 0 aliphatic rings. The van der Waals surface area contributed by atoms with Crippen LogP contribution in [0.4, 0.5) is 0 Å². The van der Waals surface area contributed by atoms with Gasteiger partial charge in [0.25, 0.3) is 0 Å². The maximum atomic E-state index is 13.0. The number of fused-ring (bicyclic) bond motifs is 1. The molecule has 0 unspecified atom stereocenters. The van der Waals surface area contributed by atoms with Crippen molar-refractivity contribution in [1.82, 2.24) is 9.88 Å². The molecule has 0 spiro atoms. The van der Waals surface area contributed by atoms with Gasteiger partial charge in [0.05, 0.1) is 10.6 Å². The topological polar surface area (TPSA) is 77.4 Å². The zero-order chi connectivity index (χ0) is 20.0. The van der Waals surface area contributed by atoms with E-state index in [1.165, 1.54) is 0 Å². The van der Waals surface area contributed by atoms with Crippen LogP contribution in [0.3, 0.4) is 0 Å². The van der Waals surface area contributed by atoms with Crippen LogP contribution < -0.4 is 5.32 Å². The Balaban J connectivity index is 1.85. The SMILES string of the molecule is COCCCNC(=O)Cn1cc(S(=O)(=O)Cc2ccccc2)c2ccccc21. The van der Waals surface area contributed by atoms with Crippen molar-refractivity contribution in [3.63, 3.8) is 0 Å². The largest absolute Gasteiger partial charge is 0.385 e. The molecule has 1 amide bonds. The zero-order valence-electron chi connectivity index (χ0n) is 15.8. The minimum absolute atomic E-state index is 0.0638. The van der Waals surface area contributed by atoms with Gasteiger partial charge in [0, 0.05) is 37.4 Å². The van der Waals surface area contributed by atoms with E-state index in [2.05, 4.69) is 5.32 Å². The average Bonchev–Trinajstić information content (AvgIpc) is 3.05. The predicted octanol–water partition coefficient (Wildman–Crippen LogP) is 2.77. The molecule has 0 bridgehead atoms. The minimum atomic E-state index is -3.55. The van der Waals surface area contributed by atoms with E-state index in [1.54, 1.807) is 42.1 Å². The highest BCUT2D eigenvalue weighted by molar-refractivity contribution is 7.90. The van der Waals surface area contributed by atoms with Crippen LogP contribution in [0.2, 0.25) is 0 Å². The van der Waals surface area contributed by atoms with E-state index >= 15 is 0 Å².